The van der Waals surface area contributed by atoms with Crippen LogP contribution in [0.5, 0.6) is 0 Å². The van der Waals surface area contributed by atoms with Crippen LogP contribution in [0.4, 0.5) is 0 Å². The molecule has 5 N–H and O–H groups in total. The predicted molar refractivity (Wildman–Crippen MR) is 190 cm³/mol. The first-order chi connectivity index (χ1) is 23.6. The van der Waals surface area contributed by atoms with Crippen molar-refractivity contribution >= 4 is 11.8 Å². The Morgan fingerprint density at radius 2 is 1.36 bits per heavy atom. The van der Waals surface area contributed by atoms with Crippen LogP contribution in [0.25, 0.3) is 33.6 Å². The van der Waals surface area contributed by atoms with Crippen molar-refractivity contribution in [3.05, 3.63) is 72.6 Å². The van der Waals surface area contributed by atoms with Crippen molar-refractivity contribution in [2.45, 2.75) is 91.7 Å². The van der Waals surface area contributed by atoms with Crippen LogP contribution in [0.3, 0.4) is 0 Å². The van der Waals surface area contributed by atoms with Crippen LogP contribution in [0.15, 0.2) is 60.9 Å². The fourth-order valence-corrected chi connectivity index (χ4v) is 5.62. The zero-order chi connectivity index (χ0) is 36.2. The van der Waals surface area contributed by atoms with E-state index in [0.29, 0.717) is 36.6 Å². The zero-order valence-corrected chi connectivity index (χ0v) is 30.2. The van der Waals surface area contributed by atoms with Gasteiger partial charge in [0.15, 0.2) is 23.8 Å². The van der Waals surface area contributed by atoms with Gasteiger partial charge < -0.3 is 39.9 Å². The molecule has 0 aliphatic carbocycles. The molecule has 3 atom stereocenters. The molecule has 1 saturated heterocycles. The average molecular weight is 687 g/mol. The van der Waals surface area contributed by atoms with Crippen molar-refractivity contribution in [3.63, 3.8) is 0 Å². The van der Waals surface area contributed by atoms with Crippen LogP contribution >= 0.6 is 0 Å². The zero-order valence-electron chi connectivity index (χ0n) is 30.2. The first-order valence-corrected chi connectivity index (χ1v) is 17.2. The molecular formula is C38H50N6O6. The van der Waals surface area contributed by atoms with Crippen LogP contribution < -0.4 is 10.6 Å². The van der Waals surface area contributed by atoms with Gasteiger partial charge in [0.25, 0.3) is 5.91 Å². The summed E-state index contributed by atoms with van der Waals surface area (Å²) in [6.45, 7) is 15.9. The summed E-state index contributed by atoms with van der Waals surface area (Å²) in [6, 6.07) is 16.2. The highest BCUT2D eigenvalue weighted by atomic mass is 16.8. The first-order valence-electron chi connectivity index (χ1n) is 17.2. The molecule has 2 amide bonds. The SMILES string of the molecule is CC(C)CNC(=O)C[C@@H](OC(C)(C)O)c1ncc(-c2ccc(-c3ccc(-c4cnc([C@@H]5OC(C)(C)O[C@H]5C(=O)NCC(C)C)[nH]4)cc3)cc2)[nH]1. The quantitative estimate of drug-likeness (QED) is 0.100. The molecule has 1 aliphatic heterocycles. The van der Waals surface area contributed by atoms with Gasteiger partial charge in [0.1, 0.15) is 17.8 Å². The van der Waals surface area contributed by atoms with Gasteiger partial charge >= 0.3 is 0 Å². The number of aliphatic hydroxyl groups is 1. The largest absolute Gasteiger partial charge is 0.366 e. The highest BCUT2D eigenvalue weighted by molar-refractivity contribution is 5.82. The first kappa shape index (κ1) is 36.9. The number of ether oxygens (including phenoxy) is 3. The lowest BCUT2D eigenvalue weighted by atomic mass is 10.0. The van der Waals surface area contributed by atoms with E-state index in [1.54, 1.807) is 26.2 Å². The van der Waals surface area contributed by atoms with Crippen LogP contribution in [0.1, 0.15) is 85.7 Å². The molecule has 0 unspecified atom stereocenters. The van der Waals surface area contributed by atoms with Crippen LogP contribution in [0.2, 0.25) is 0 Å². The number of H-pyrrole nitrogens is 2. The minimum Gasteiger partial charge on any atom is -0.366 e. The van der Waals surface area contributed by atoms with Gasteiger partial charge in [0.05, 0.1) is 30.2 Å². The smallest absolute Gasteiger partial charge is 0.252 e. The topological polar surface area (TPSA) is 163 Å². The van der Waals surface area contributed by atoms with E-state index in [1.165, 1.54) is 13.8 Å². The Morgan fingerprint density at radius 3 is 1.92 bits per heavy atom. The number of carbonyl (C=O) groups excluding carboxylic acids is 2. The van der Waals surface area contributed by atoms with Crippen molar-refractivity contribution in [3.8, 4) is 33.6 Å². The number of nitrogens with one attached hydrogen (secondary N) is 4. The van der Waals surface area contributed by atoms with Crippen molar-refractivity contribution in [2.75, 3.05) is 13.1 Å². The number of hydrogen-bond acceptors (Lipinski definition) is 8. The predicted octanol–water partition coefficient (Wildman–Crippen LogP) is 6.05. The molecule has 0 bridgehead atoms. The molecule has 0 spiro atoms. The summed E-state index contributed by atoms with van der Waals surface area (Å²) >= 11 is 0. The van der Waals surface area contributed by atoms with Gasteiger partial charge in [-0.2, -0.15) is 0 Å². The normalized spacial score (nSPS) is 18.1. The Hall–Kier alpha value is -4.36. The number of aromatic nitrogens is 4. The van der Waals surface area contributed by atoms with E-state index in [9.17, 15) is 14.7 Å². The van der Waals surface area contributed by atoms with Gasteiger partial charge in [0.2, 0.25) is 5.91 Å². The Morgan fingerprint density at radius 1 is 0.840 bits per heavy atom. The maximum Gasteiger partial charge on any atom is 0.252 e. The molecule has 0 radical (unpaired) electrons. The fourth-order valence-electron chi connectivity index (χ4n) is 5.62. The molecule has 1 aliphatic rings. The molecule has 4 aromatic rings. The van der Waals surface area contributed by atoms with Crippen molar-refractivity contribution in [1.29, 1.82) is 0 Å². The Bertz CT molecular complexity index is 1740. The fraction of sp³-hybridized carbons (Fsp3) is 0.474. The van der Waals surface area contributed by atoms with Gasteiger partial charge in [0, 0.05) is 13.1 Å². The molecule has 0 saturated carbocycles. The lowest BCUT2D eigenvalue weighted by Crippen LogP contribution is -2.40. The van der Waals surface area contributed by atoms with Crippen LogP contribution in [-0.4, -0.2) is 67.6 Å². The van der Waals surface area contributed by atoms with E-state index in [1.807, 2.05) is 76.2 Å². The van der Waals surface area contributed by atoms with Crippen LogP contribution in [-0.2, 0) is 23.8 Å². The maximum atomic E-state index is 12.9. The van der Waals surface area contributed by atoms with Gasteiger partial charge in [-0.1, -0.05) is 76.2 Å². The molecular weight excluding hydrogens is 636 g/mol. The number of aromatic amines is 2. The Labute approximate surface area is 293 Å². The molecule has 2 aromatic carbocycles. The van der Waals surface area contributed by atoms with E-state index < -0.39 is 29.9 Å². The Kier molecular flexibility index (Phi) is 11.3. The molecule has 1 fully saturated rings. The van der Waals surface area contributed by atoms with Gasteiger partial charge in [-0.15, -0.1) is 0 Å². The standard InChI is InChI=1S/C38H50N6O6/c1-22(2)18-39-31(45)17-30(48-37(5,6)47)34-40-20-28(43-34)26-13-9-24(10-14-26)25-11-15-27(16-12-25)29-21-41-35(44-29)32-33(50-38(7,8)49-32)36(46)42-19-23(3)4/h9-16,20-23,30,32-33,47H,17-19H2,1-8H3,(H,39,45)(H,40,43)(H,41,44)(H,42,46)/t30-,32-,33-/m1/s1. The summed E-state index contributed by atoms with van der Waals surface area (Å²) in [7, 11) is 0. The van der Waals surface area contributed by atoms with Crippen LogP contribution in [0, 0.1) is 11.8 Å². The van der Waals surface area contributed by atoms with E-state index in [-0.39, 0.29) is 18.2 Å². The monoisotopic (exact) mass is 686 g/mol. The molecule has 12 heteroatoms. The van der Waals surface area contributed by atoms with Gasteiger partial charge in [-0.25, -0.2) is 9.97 Å². The number of imidazole rings is 2. The highest BCUT2D eigenvalue weighted by Gasteiger charge is 2.47. The summed E-state index contributed by atoms with van der Waals surface area (Å²) in [6.07, 6.45) is 1.24. The minimum absolute atomic E-state index is 0.0233. The van der Waals surface area contributed by atoms with E-state index >= 15 is 0 Å². The number of benzene rings is 2. The molecule has 5 rings (SSSR count). The van der Waals surface area contributed by atoms with E-state index in [0.717, 1.165) is 33.6 Å². The maximum absolute atomic E-state index is 12.9. The number of nitrogens with zero attached hydrogens (tertiary/aromatic N) is 2. The molecule has 268 valence electrons. The molecule has 50 heavy (non-hydrogen) atoms. The average Bonchev–Trinajstić information content (AvgIpc) is 3.81. The second kappa shape index (κ2) is 15.3. The third-order valence-corrected chi connectivity index (χ3v) is 8.04. The number of hydrogen-bond donors (Lipinski definition) is 5. The molecule has 3 heterocycles. The van der Waals surface area contributed by atoms with E-state index in [2.05, 4.69) is 30.6 Å². The van der Waals surface area contributed by atoms with Crippen molar-refractivity contribution in [2.24, 2.45) is 11.8 Å². The summed E-state index contributed by atoms with van der Waals surface area (Å²) in [4.78, 5) is 41.2. The third-order valence-electron chi connectivity index (χ3n) is 8.04. The molecule has 2 aromatic heterocycles. The van der Waals surface area contributed by atoms with E-state index in [4.69, 9.17) is 14.2 Å². The Balaban J connectivity index is 1.26. The summed E-state index contributed by atoms with van der Waals surface area (Å²) < 4.78 is 17.8. The molecule has 12 nitrogen and oxygen atoms in total. The second-order valence-corrected chi connectivity index (χ2v) is 14.6. The summed E-state index contributed by atoms with van der Waals surface area (Å²) in [5.74, 6) is -1.14. The lowest BCUT2D eigenvalue weighted by Gasteiger charge is -2.25. The highest BCUT2D eigenvalue weighted by Crippen LogP contribution is 2.38. The van der Waals surface area contributed by atoms with Crippen molar-refractivity contribution in [1.82, 2.24) is 30.6 Å². The van der Waals surface area contributed by atoms with Gasteiger partial charge in [-0.3, -0.25) is 9.59 Å². The number of amides is 2. The lowest BCUT2D eigenvalue weighted by molar-refractivity contribution is -0.210. The summed E-state index contributed by atoms with van der Waals surface area (Å²) in [5, 5.41) is 16.2. The van der Waals surface area contributed by atoms with Crippen molar-refractivity contribution < 1.29 is 28.9 Å². The minimum atomic E-state index is -1.45. The van der Waals surface area contributed by atoms with Gasteiger partial charge in [-0.05, 0) is 61.8 Å². The number of rotatable bonds is 14. The number of carbonyl (C=O) groups is 2. The summed E-state index contributed by atoms with van der Waals surface area (Å²) in [5.41, 5.74) is 5.49. The second-order valence-electron chi connectivity index (χ2n) is 14.6. The third kappa shape index (κ3) is 9.66.